The third-order valence-electron chi connectivity index (χ3n) is 2.58. The Morgan fingerprint density at radius 1 is 1.64 bits per heavy atom. The van der Waals surface area contributed by atoms with Crippen LogP contribution in [0, 0.1) is 5.41 Å². The van der Waals surface area contributed by atoms with Crippen LogP contribution in [0.1, 0.15) is 13.3 Å². The Morgan fingerprint density at radius 3 is 2.73 bits per heavy atom. The summed E-state index contributed by atoms with van der Waals surface area (Å²) in [4.78, 5) is 2.14. The van der Waals surface area contributed by atoms with E-state index in [9.17, 15) is 5.11 Å². The molecule has 0 aromatic rings. The van der Waals surface area contributed by atoms with Gasteiger partial charge < -0.3 is 15.1 Å². The van der Waals surface area contributed by atoms with E-state index in [2.05, 4.69) is 4.90 Å². The average Bonchev–Trinajstić information content (AvgIpc) is 1.98. The summed E-state index contributed by atoms with van der Waals surface area (Å²) in [5.41, 5.74) is -0.312. The maximum atomic E-state index is 9.56. The average molecular weight is 159 g/mol. The smallest absolute Gasteiger partial charge is 0.0640 e. The minimum Gasteiger partial charge on any atom is -0.396 e. The van der Waals surface area contributed by atoms with Crippen molar-refractivity contribution in [3.05, 3.63) is 0 Å². The van der Waals surface area contributed by atoms with E-state index in [4.69, 9.17) is 5.11 Å². The fourth-order valence-corrected chi connectivity index (χ4v) is 1.65. The van der Waals surface area contributed by atoms with Gasteiger partial charge in [-0.3, -0.25) is 0 Å². The van der Waals surface area contributed by atoms with Gasteiger partial charge in [-0.1, -0.05) is 6.92 Å². The standard InChI is InChI=1S/C8H17NO2/c1-8(6-10)5-9(2)4-3-7(8)11/h7,10-11H,3-6H2,1-2H3. The summed E-state index contributed by atoms with van der Waals surface area (Å²) in [5, 5.41) is 18.6. The van der Waals surface area contributed by atoms with Gasteiger partial charge in [0.25, 0.3) is 0 Å². The molecule has 0 bridgehead atoms. The molecule has 1 fully saturated rings. The molecular formula is C8H17NO2. The molecule has 2 atom stereocenters. The number of aliphatic hydroxyl groups is 2. The maximum Gasteiger partial charge on any atom is 0.0640 e. The molecule has 11 heavy (non-hydrogen) atoms. The van der Waals surface area contributed by atoms with Crippen molar-refractivity contribution in [1.82, 2.24) is 4.90 Å². The zero-order valence-corrected chi connectivity index (χ0v) is 7.25. The summed E-state index contributed by atoms with van der Waals surface area (Å²) in [7, 11) is 2.01. The van der Waals surface area contributed by atoms with Crippen molar-refractivity contribution < 1.29 is 10.2 Å². The largest absolute Gasteiger partial charge is 0.396 e. The molecular weight excluding hydrogens is 142 g/mol. The SMILES string of the molecule is CN1CCC(O)C(C)(CO)C1. The van der Waals surface area contributed by atoms with E-state index >= 15 is 0 Å². The van der Waals surface area contributed by atoms with Gasteiger partial charge in [-0.15, -0.1) is 0 Å². The Balaban J connectivity index is 2.60. The first-order valence-corrected chi connectivity index (χ1v) is 4.06. The fourth-order valence-electron chi connectivity index (χ4n) is 1.65. The second-order valence-corrected chi connectivity index (χ2v) is 3.85. The number of aliphatic hydroxyl groups excluding tert-OH is 2. The quantitative estimate of drug-likeness (QED) is 0.551. The summed E-state index contributed by atoms with van der Waals surface area (Å²) >= 11 is 0. The third kappa shape index (κ3) is 1.72. The summed E-state index contributed by atoms with van der Waals surface area (Å²) < 4.78 is 0. The predicted molar refractivity (Wildman–Crippen MR) is 43.3 cm³/mol. The van der Waals surface area contributed by atoms with Crippen LogP contribution >= 0.6 is 0 Å². The van der Waals surface area contributed by atoms with Crippen molar-refractivity contribution in [1.29, 1.82) is 0 Å². The first-order valence-electron chi connectivity index (χ1n) is 4.06. The van der Waals surface area contributed by atoms with Gasteiger partial charge in [0.15, 0.2) is 0 Å². The van der Waals surface area contributed by atoms with Crippen molar-refractivity contribution in [2.45, 2.75) is 19.4 Å². The Bertz CT molecular complexity index is 140. The summed E-state index contributed by atoms with van der Waals surface area (Å²) in [6.07, 6.45) is 0.428. The molecule has 1 aliphatic heterocycles. The van der Waals surface area contributed by atoms with Crippen LogP contribution in [0.4, 0.5) is 0 Å². The van der Waals surface area contributed by atoms with E-state index in [0.717, 1.165) is 19.5 Å². The highest BCUT2D eigenvalue weighted by Gasteiger charge is 2.36. The van der Waals surface area contributed by atoms with E-state index in [1.807, 2.05) is 14.0 Å². The topological polar surface area (TPSA) is 43.7 Å². The molecule has 0 amide bonds. The molecule has 2 N–H and O–H groups in total. The fraction of sp³-hybridized carbons (Fsp3) is 1.00. The van der Waals surface area contributed by atoms with E-state index < -0.39 is 0 Å². The van der Waals surface area contributed by atoms with Crippen LogP contribution in [-0.4, -0.2) is 48.0 Å². The van der Waals surface area contributed by atoms with Gasteiger partial charge >= 0.3 is 0 Å². The molecule has 1 rings (SSSR count). The molecule has 0 radical (unpaired) electrons. The van der Waals surface area contributed by atoms with E-state index in [1.54, 1.807) is 0 Å². The predicted octanol–water partition coefficient (Wildman–Crippen LogP) is -0.319. The van der Waals surface area contributed by atoms with Crippen LogP contribution < -0.4 is 0 Å². The number of hydrogen-bond donors (Lipinski definition) is 2. The molecule has 1 aliphatic rings. The van der Waals surface area contributed by atoms with Gasteiger partial charge in [0, 0.05) is 18.5 Å². The van der Waals surface area contributed by atoms with Gasteiger partial charge in [0.05, 0.1) is 12.7 Å². The lowest BCUT2D eigenvalue weighted by Crippen LogP contribution is -2.50. The second kappa shape index (κ2) is 3.09. The van der Waals surface area contributed by atoms with Crippen LogP contribution in [0.5, 0.6) is 0 Å². The number of hydrogen-bond acceptors (Lipinski definition) is 3. The van der Waals surface area contributed by atoms with Gasteiger partial charge in [-0.2, -0.15) is 0 Å². The summed E-state index contributed by atoms with van der Waals surface area (Å²) in [6.45, 7) is 3.70. The van der Waals surface area contributed by atoms with Crippen LogP contribution in [0.15, 0.2) is 0 Å². The molecule has 1 saturated heterocycles. The van der Waals surface area contributed by atoms with Crippen molar-refractivity contribution in [2.24, 2.45) is 5.41 Å². The van der Waals surface area contributed by atoms with Crippen LogP contribution in [-0.2, 0) is 0 Å². The number of likely N-dealkylation sites (tertiary alicyclic amines) is 1. The van der Waals surface area contributed by atoms with E-state index in [0.29, 0.717) is 0 Å². The van der Waals surface area contributed by atoms with Crippen LogP contribution in [0.3, 0.4) is 0 Å². The highest BCUT2D eigenvalue weighted by molar-refractivity contribution is 4.88. The lowest BCUT2D eigenvalue weighted by atomic mass is 9.80. The Kier molecular flexibility index (Phi) is 2.52. The first kappa shape index (κ1) is 8.97. The van der Waals surface area contributed by atoms with Gasteiger partial charge in [0.2, 0.25) is 0 Å². The molecule has 3 heteroatoms. The Morgan fingerprint density at radius 2 is 2.27 bits per heavy atom. The van der Waals surface area contributed by atoms with Crippen molar-refractivity contribution >= 4 is 0 Å². The zero-order valence-electron chi connectivity index (χ0n) is 7.25. The normalized spacial score (nSPS) is 40.9. The van der Waals surface area contributed by atoms with Crippen LogP contribution in [0.2, 0.25) is 0 Å². The number of nitrogens with zero attached hydrogens (tertiary/aromatic N) is 1. The molecule has 3 nitrogen and oxygen atoms in total. The monoisotopic (exact) mass is 159 g/mol. The molecule has 1 heterocycles. The van der Waals surface area contributed by atoms with Crippen LogP contribution in [0.25, 0.3) is 0 Å². The molecule has 0 spiro atoms. The minimum atomic E-state index is -0.344. The zero-order chi connectivity index (χ0) is 8.48. The summed E-state index contributed by atoms with van der Waals surface area (Å²) in [6, 6.07) is 0. The highest BCUT2D eigenvalue weighted by Crippen LogP contribution is 2.28. The van der Waals surface area contributed by atoms with E-state index in [1.165, 1.54) is 0 Å². The van der Waals surface area contributed by atoms with Gasteiger partial charge in [0.1, 0.15) is 0 Å². The highest BCUT2D eigenvalue weighted by atomic mass is 16.3. The first-order chi connectivity index (χ1) is 5.08. The van der Waals surface area contributed by atoms with Gasteiger partial charge in [-0.25, -0.2) is 0 Å². The molecule has 0 saturated carbocycles. The van der Waals surface area contributed by atoms with Gasteiger partial charge in [-0.05, 0) is 13.5 Å². The summed E-state index contributed by atoms with van der Waals surface area (Å²) in [5.74, 6) is 0. The van der Waals surface area contributed by atoms with E-state index in [-0.39, 0.29) is 18.1 Å². The maximum absolute atomic E-state index is 9.56. The Hall–Kier alpha value is -0.120. The lowest BCUT2D eigenvalue weighted by Gasteiger charge is -2.41. The molecule has 2 unspecified atom stereocenters. The third-order valence-corrected chi connectivity index (χ3v) is 2.58. The minimum absolute atomic E-state index is 0.0680. The lowest BCUT2D eigenvalue weighted by molar-refractivity contribution is -0.0575. The van der Waals surface area contributed by atoms with Crippen molar-refractivity contribution in [3.8, 4) is 0 Å². The number of piperidine rings is 1. The molecule has 0 aromatic carbocycles. The Labute approximate surface area is 67.6 Å². The molecule has 0 aromatic heterocycles. The van der Waals surface area contributed by atoms with Crippen molar-refractivity contribution in [2.75, 3.05) is 26.7 Å². The second-order valence-electron chi connectivity index (χ2n) is 3.85. The van der Waals surface area contributed by atoms with Crippen molar-refractivity contribution in [3.63, 3.8) is 0 Å². The molecule has 66 valence electrons. The number of rotatable bonds is 1. The molecule has 0 aliphatic carbocycles.